The van der Waals surface area contributed by atoms with Crippen LogP contribution in [0, 0.1) is 24.0 Å². The molecule has 0 unspecified atom stereocenters. The van der Waals surface area contributed by atoms with E-state index in [9.17, 15) is 14.9 Å². The maximum Gasteiger partial charge on any atom is 0.282 e. The van der Waals surface area contributed by atoms with Crippen molar-refractivity contribution in [2.75, 3.05) is 0 Å². The van der Waals surface area contributed by atoms with Crippen LogP contribution in [-0.4, -0.2) is 16.5 Å². The molecule has 0 saturated carbocycles. The van der Waals surface area contributed by atoms with Gasteiger partial charge in [-0.3, -0.25) is 14.9 Å². The van der Waals surface area contributed by atoms with Gasteiger partial charge in [0.1, 0.15) is 5.56 Å². The minimum absolute atomic E-state index is 0.0185. The summed E-state index contributed by atoms with van der Waals surface area (Å²) in [5, 5.41) is 15.0. The van der Waals surface area contributed by atoms with E-state index >= 15 is 0 Å². The number of nitrogens with zero attached hydrogens (tertiary/aromatic N) is 2. The number of hydrogen-bond donors (Lipinski definition) is 1. The first-order valence-corrected chi connectivity index (χ1v) is 7.06. The average Bonchev–Trinajstić information content (AvgIpc) is 2.54. The molecule has 0 bridgehead atoms. The number of rotatable bonds is 4. The second-order valence-electron chi connectivity index (χ2n) is 5.23. The molecular weight excluding hydrogens is 294 g/mol. The van der Waals surface area contributed by atoms with Crippen molar-refractivity contribution in [3.63, 3.8) is 0 Å². The number of amides is 1. The third-order valence-electron chi connectivity index (χ3n) is 3.45. The predicted octanol–water partition coefficient (Wildman–Crippen LogP) is 3.37. The fourth-order valence-corrected chi connectivity index (χ4v) is 2.21. The molecule has 0 fully saturated rings. The van der Waals surface area contributed by atoms with Crippen LogP contribution < -0.4 is 5.43 Å². The number of nitrogens with one attached hydrogen (secondary N) is 1. The van der Waals surface area contributed by atoms with E-state index in [1.165, 1.54) is 18.2 Å². The number of para-hydroxylation sites is 1. The Morgan fingerprint density at radius 1 is 1.13 bits per heavy atom. The van der Waals surface area contributed by atoms with Crippen LogP contribution in [0.25, 0.3) is 0 Å². The van der Waals surface area contributed by atoms with Crippen molar-refractivity contribution in [2.45, 2.75) is 20.8 Å². The minimum Gasteiger partial charge on any atom is -0.267 e. The zero-order valence-electron chi connectivity index (χ0n) is 13.2. The highest BCUT2D eigenvalue weighted by Crippen LogP contribution is 2.17. The molecule has 6 nitrogen and oxygen atoms in total. The number of nitro benzene ring substituents is 1. The first kappa shape index (κ1) is 16.4. The van der Waals surface area contributed by atoms with E-state index < -0.39 is 10.8 Å². The molecule has 0 aliphatic carbocycles. The molecule has 1 amide bonds. The van der Waals surface area contributed by atoms with Gasteiger partial charge < -0.3 is 0 Å². The van der Waals surface area contributed by atoms with Crippen molar-refractivity contribution in [1.29, 1.82) is 0 Å². The second kappa shape index (κ2) is 6.83. The normalized spacial score (nSPS) is 11.2. The van der Waals surface area contributed by atoms with Crippen LogP contribution in [-0.2, 0) is 0 Å². The maximum atomic E-state index is 12.1. The van der Waals surface area contributed by atoms with Gasteiger partial charge in [-0.25, -0.2) is 5.43 Å². The molecule has 0 saturated heterocycles. The highest BCUT2D eigenvalue weighted by Gasteiger charge is 2.18. The van der Waals surface area contributed by atoms with Gasteiger partial charge in [-0.2, -0.15) is 5.10 Å². The standard InChI is InChI=1S/C17H17N3O3/c1-11-8-9-12(2)15(10-11)13(3)18-19-17(21)14-6-4-5-7-16(14)20(22)23/h4-10H,1-3H3,(H,19,21)/b18-13-. The number of hydrogen-bond acceptors (Lipinski definition) is 4. The molecule has 2 rings (SSSR count). The van der Waals surface area contributed by atoms with E-state index in [4.69, 9.17) is 0 Å². The lowest BCUT2D eigenvalue weighted by molar-refractivity contribution is -0.385. The fourth-order valence-electron chi connectivity index (χ4n) is 2.21. The SMILES string of the molecule is C/C(=N/NC(=O)c1ccccc1[N+](=O)[O-])c1cc(C)ccc1C. The van der Waals surface area contributed by atoms with Crippen LogP contribution >= 0.6 is 0 Å². The molecule has 0 radical (unpaired) electrons. The summed E-state index contributed by atoms with van der Waals surface area (Å²) in [5.41, 5.74) is 5.81. The number of carbonyl (C=O) groups is 1. The molecule has 1 N–H and O–H groups in total. The molecule has 0 aliphatic heterocycles. The predicted molar refractivity (Wildman–Crippen MR) is 88.7 cm³/mol. The second-order valence-corrected chi connectivity index (χ2v) is 5.23. The van der Waals surface area contributed by atoms with Crippen molar-refractivity contribution >= 4 is 17.3 Å². The minimum atomic E-state index is -0.609. The summed E-state index contributed by atoms with van der Waals surface area (Å²) >= 11 is 0. The highest BCUT2D eigenvalue weighted by atomic mass is 16.6. The summed E-state index contributed by atoms with van der Waals surface area (Å²) < 4.78 is 0. The van der Waals surface area contributed by atoms with Crippen LogP contribution in [0.2, 0.25) is 0 Å². The van der Waals surface area contributed by atoms with E-state index in [1.54, 1.807) is 13.0 Å². The molecular formula is C17H17N3O3. The van der Waals surface area contributed by atoms with Gasteiger partial charge in [0.15, 0.2) is 0 Å². The zero-order chi connectivity index (χ0) is 17.0. The van der Waals surface area contributed by atoms with E-state index in [0.717, 1.165) is 16.7 Å². The Labute approximate surface area is 134 Å². The van der Waals surface area contributed by atoms with Gasteiger partial charge >= 0.3 is 0 Å². The summed E-state index contributed by atoms with van der Waals surface area (Å²) in [4.78, 5) is 22.5. The Morgan fingerprint density at radius 2 is 1.83 bits per heavy atom. The molecule has 23 heavy (non-hydrogen) atoms. The molecule has 2 aromatic rings. The third-order valence-corrected chi connectivity index (χ3v) is 3.45. The molecule has 0 spiro atoms. The van der Waals surface area contributed by atoms with Gasteiger partial charge in [-0.15, -0.1) is 0 Å². The van der Waals surface area contributed by atoms with Gasteiger partial charge in [-0.1, -0.05) is 29.8 Å². The molecule has 2 aromatic carbocycles. The lowest BCUT2D eigenvalue weighted by Gasteiger charge is -2.07. The highest BCUT2D eigenvalue weighted by molar-refractivity contribution is 6.02. The Balaban J connectivity index is 2.24. The van der Waals surface area contributed by atoms with Crippen LogP contribution in [0.1, 0.15) is 34.0 Å². The van der Waals surface area contributed by atoms with Crippen LogP contribution in [0.15, 0.2) is 47.6 Å². The summed E-state index contributed by atoms with van der Waals surface area (Å²) in [6, 6.07) is 11.7. The van der Waals surface area contributed by atoms with Crippen molar-refractivity contribution in [3.05, 3.63) is 74.8 Å². The largest absolute Gasteiger partial charge is 0.282 e. The lowest BCUT2D eigenvalue weighted by Crippen LogP contribution is -2.20. The molecule has 0 aromatic heterocycles. The first-order valence-electron chi connectivity index (χ1n) is 7.06. The summed E-state index contributed by atoms with van der Waals surface area (Å²) in [5.74, 6) is -0.609. The van der Waals surface area contributed by atoms with Crippen LogP contribution in [0.3, 0.4) is 0 Å². The van der Waals surface area contributed by atoms with E-state index in [0.29, 0.717) is 5.71 Å². The van der Waals surface area contributed by atoms with Gasteiger partial charge in [0.2, 0.25) is 0 Å². The summed E-state index contributed by atoms with van der Waals surface area (Å²) in [7, 11) is 0. The Kier molecular flexibility index (Phi) is 4.85. The van der Waals surface area contributed by atoms with Crippen molar-refractivity contribution < 1.29 is 9.72 Å². The number of nitro groups is 1. The Bertz CT molecular complexity index is 797. The summed E-state index contributed by atoms with van der Waals surface area (Å²) in [6.45, 7) is 5.71. The smallest absolute Gasteiger partial charge is 0.267 e. The fraction of sp³-hybridized carbons (Fsp3) is 0.176. The van der Waals surface area contributed by atoms with Crippen molar-refractivity contribution in [1.82, 2.24) is 5.43 Å². The van der Waals surface area contributed by atoms with Crippen molar-refractivity contribution in [2.24, 2.45) is 5.10 Å². The molecule has 0 heterocycles. The van der Waals surface area contributed by atoms with Gasteiger partial charge in [0.25, 0.3) is 11.6 Å². The number of carbonyl (C=O) groups excluding carboxylic acids is 1. The maximum absolute atomic E-state index is 12.1. The van der Waals surface area contributed by atoms with Crippen molar-refractivity contribution in [3.8, 4) is 0 Å². The lowest BCUT2D eigenvalue weighted by atomic mass is 10.0. The van der Waals surface area contributed by atoms with Crippen LogP contribution in [0.5, 0.6) is 0 Å². The number of aryl methyl sites for hydroxylation is 2. The molecule has 6 heteroatoms. The van der Waals surface area contributed by atoms with Gasteiger partial charge in [-0.05, 0) is 38.5 Å². The van der Waals surface area contributed by atoms with Crippen LogP contribution in [0.4, 0.5) is 5.69 Å². The van der Waals surface area contributed by atoms with Gasteiger partial charge in [0, 0.05) is 11.6 Å². The van der Waals surface area contributed by atoms with E-state index in [1.807, 2.05) is 32.0 Å². The topological polar surface area (TPSA) is 84.6 Å². The number of hydrazone groups is 1. The number of benzene rings is 2. The molecule has 118 valence electrons. The monoisotopic (exact) mass is 311 g/mol. The third kappa shape index (κ3) is 3.79. The average molecular weight is 311 g/mol. The van der Waals surface area contributed by atoms with Gasteiger partial charge in [0.05, 0.1) is 10.6 Å². The molecule has 0 atom stereocenters. The van der Waals surface area contributed by atoms with E-state index in [2.05, 4.69) is 10.5 Å². The zero-order valence-corrected chi connectivity index (χ0v) is 13.2. The first-order chi connectivity index (χ1) is 10.9. The quantitative estimate of drug-likeness (QED) is 0.533. The summed E-state index contributed by atoms with van der Waals surface area (Å²) in [6.07, 6.45) is 0. The van der Waals surface area contributed by atoms with E-state index in [-0.39, 0.29) is 11.3 Å². The Morgan fingerprint density at radius 3 is 2.52 bits per heavy atom. The molecule has 0 aliphatic rings. The Hall–Kier alpha value is -3.02.